The topological polar surface area (TPSA) is 119 Å². The van der Waals surface area contributed by atoms with Crippen LogP contribution in [-0.2, 0) is 6.54 Å². The predicted octanol–water partition coefficient (Wildman–Crippen LogP) is 2.48. The fraction of sp³-hybridized carbons (Fsp3) is 0.0625. The highest BCUT2D eigenvalue weighted by molar-refractivity contribution is 9.10. The van der Waals surface area contributed by atoms with E-state index < -0.39 is 5.91 Å². The van der Waals surface area contributed by atoms with Gasteiger partial charge in [0.15, 0.2) is 0 Å². The molecule has 0 aliphatic heterocycles. The minimum Gasteiger partial charge on any atom is -0.382 e. The number of hydrogen-bond donors (Lipinski definition) is 3. The maximum absolute atomic E-state index is 12.1. The van der Waals surface area contributed by atoms with Crippen molar-refractivity contribution >= 4 is 39.0 Å². The fourth-order valence-electron chi connectivity index (χ4n) is 2.02. The number of nitrogen functional groups attached to an aromatic ring is 1. The van der Waals surface area contributed by atoms with Gasteiger partial charge in [-0.3, -0.25) is 9.78 Å². The van der Waals surface area contributed by atoms with Crippen LogP contribution in [-0.4, -0.2) is 25.8 Å². The molecule has 0 unspecified atom stereocenters. The molecule has 9 heteroatoms. The van der Waals surface area contributed by atoms with Crippen LogP contribution in [0.4, 0.5) is 17.2 Å². The van der Waals surface area contributed by atoms with Crippen LogP contribution in [0.15, 0.2) is 53.5 Å². The molecular weight excluding hydrogens is 386 g/mol. The summed E-state index contributed by atoms with van der Waals surface area (Å²) in [5.74, 6) is 0.108. The van der Waals surface area contributed by atoms with Crippen molar-refractivity contribution in [1.82, 2.24) is 19.9 Å². The summed E-state index contributed by atoms with van der Waals surface area (Å²) in [5, 5.41) is 5.90. The van der Waals surface area contributed by atoms with Crippen molar-refractivity contribution in [1.29, 1.82) is 0 Å². The average molecular weight is 400 g/mol. The van der Waals surface area contributed by atoms with Gasteiger partial charge < -0.3 is 16.4 Å². The monoisotopic (exact) mass is 399 g/mol. The van der Waals surface area contributed by atoms with Crippen molar-refractivity contribution in [3.05, 3.63) is 65.0 Å². The number of carbonyl (C=O) groups excluding carboxylic acids is 1. The van der Waals surface area contributed by atoms with Crippen LogP contribution in [0.3, 0.4) is 0 Å². The number of halogens is 1. The SMILES string of the molecule is Nc1ncccc1NCc1cc(NC(=O)c2ncc(Br)cn2)ccn1. The lowest BCUT2D eigenvalue weighted by Gasteiger charge is -2.09. The summed E-state index contributed by atoms with van der Waals surface area (Å²) in [6.07, 6.45) is 6.27. The van der Waals surface area contributed by atoms with E-state index in [1.54, 1.807) is 30.6 Å². The number of carbonyl (C=O) groups is 1. The first-order valence-electron chi connectivity index (χ1n) is 7.30. The molecule has 25 heavy (non-hydrogen) atoms. The lowest BCUT2D eigenvalue weighted by Crippen LogP contribution is -2.15. The minimum atomic E-state index is -0.394. The zero-order chi connectivity index (χ0) is 17.6. The van der Waals surface area contributed by atoms with Gasteiger partial charge in [-0.1, -0.05) is 0 Å². The van der Waals surface area contributed by atoms with Gasteiger partial charge in [0.2, 0.25) is 5.82 Å². The summed E-state index contributed by atoms with van der Waals surface area (Å²) in [5.41, 5.74) is 7.84. The third-order valence-electron chi connectivity index (χ3n) is 3.20. The van der Waals surface area contributed by atoms with E-state index in [1.165, 1.54) is 12.4 Å². The number of rotatable bonds is 5. The summed E-state index contributed by atoms with van der Waals surface area (Å²) < 4.78 is 0.705. The summed E-state index contributed by atoms with van der Waals surface area (Å²) in [6, 6.07) is 7.08. The average Bonchev–Trinajstić information content (AvgIpc) is 2.62. The van der Waals surface area contributed by atoms with Gasteiger partial charge in [0, 0.05) is 30.5 Å². The third kappa shape index (κ3) is 4.48. The number of hydrogen-bond acceptors (Lipinski definition) is 7. The second-order valence-corrected chi connectivity index (χ2v) is 5.92. The van der Waals surface area contributed by atoms with Crippen LogP contribution < -0.4 is 16.4 Å². The molecule has 0 aliphatic rings. The molecule has 8 nitrogen and oxygen atoms in total. The maximum atomic E-state index is 12.1. The Hall–Kier alpha value is -3.07. The molecule has 0 bridgehead atoms. The second-order valence-electron chi connectivity index (χ2n) is 5.00. The molecule has 3 aromatic heterocycles. The van der Waals surface area contributed by atoms with Crippen LogP contribution in [0.5, 0.6) is 0 Å². The first-order valence-corrected chi connectivity index (χ1v) is 8.09. The van der Waals surface area contributed by atoms with E-state index in [0.29, 0.717) is 22.5 Å². The van der Waals surface area contributed by atoms with E-state index in [9.17, 15) is 4.79 Å². The molecule has 3 rings (SSSR count). The van der Waals surface area contributed by atoms with Gasteiger partial charge in [0.05, 0.1) is 22.4 Å². The van der Waals surface area contributed by atoms with Crippen molar-refractivity contribution in [2.45, 2.75) is 6.54 Å². The first-order chi connectivity index (χ1) is 12.1. The van der Waals surface area contributed by atoms with Gasteiger partial charge in [0.25, 0.3) is 5.91 Å². The Morgan fingerprint density at radius 2 is 1.92 bits per heavy atom. The molecule has 0 spiro atoms. The smallest absolute Gasteiger partial charge is 0.293 e. The molecule has 0 saturated carbocycles. The highest BCUT2D eigenvalue weighted by Crippen LogP contribution is 2.16. The third-order valence-corrected chi connectivity index (χ3v) is 3.61. The number of amides is 1. The van der Waals surface area contributed by atoms with Crippen LogP contribution in [0.1, 0.15) is 16.3 Å². The molecule has 0 aliphatic carbocycles. The Morgan fingerprint density at radius 3 is 2.68 bits per heavy atom. The number of pyridine rings is 2. The van der Waals surface area contributed by atoms with Crippen molar-refractivity contribution in [2.75, 3.05) is 16.4 Å². The highest BCUT2D eigenvalue weighted by Gasteiger charge is 2.10. The van der Waals surface area contributed by atoms with E-state index in [4.69, 9.17) is 5.73 Å². The molecule has 0 radical (unpaired) electrons. The van der Waals surface area contributed by atoms with E-state index in [0.717, 1.165) is 11.4 Å². The molecule has 0 fully saturated rings. The van der Waals surface area contributed by atoms with Crippen LogP contribution >= 0.6 is 15.9 Å². The molecular formula is C16H14BrN7O. The lowest BCUT2D eigenvalue weighted by atomic mass is 10.3. The maximum Gasteiger partial charge on any atom is 0.293 e. The van der Waals surface area contributed by atoms with Gasteiger partial charge in [0.1, 0.15) is 5.82 Å². The molecule has 126 valence electrons. The Kier molecular flexibility index (Phi) is 5.14. The molecule has 4 N–H and O–H groups in total. The normalized spacial score (nSPS) is 10.3. The van der Waals surface area contributed by atoms with Gasteiger partial charge in [-0.15, -0.1) is 0 Å². The van der Waals surface area contributed by atoms with Crippen LogP contribution in [0.25, 0.3) is 0 Å². The molecule has 0 aromatic carbocycles. The fourth-order valence-corrected chi connectivity index (χ4v) is 2.23. The number of aromatic nitrogens is 4. The van der Waals surface area contributed by atoms with Crippen molar-refractivity contribution in [2.24, 2.45) is 0 Å². The van der Waals surface area contributed by atoms with Gasteiger partial charge in [-0.05, 0) is 40.2 Å². The standard InChI is InChI=1S/C16H14BrN7O/c17-10-7-22-15(23-8-10)16(25)24-11-3-5-19-12(6-11)9-21-13-2-1-4-20-14(13)18/h1-8,21H,9H2,(H2,18,20)(H,19,24,25). The van der Waals surface area contributed by atoms with Gasteiger partial charge in [-0.2, -0.15) is 0 Å². The number of nitrogens with zero attached hydrogens (tertiary/aromatic N) is 4. The van der Waals surface area contributed by atoms with E-state index in [-0.39, 0.29) is 5.82 Å². The highest BCUT2D eigenvalue weighted by atomic mass is 79.9. The Morgan fingerprint density at radius 1 is 1.12 bits per heavy atom. The number of nitrogens with two attached hydrogens (primary N) is 1. The van der Waals surface area contributed by atoms with Crippen LogP contribution in [0, 0.1) is 0 Å². The zero-order valence-electron chi connectivity index (χ0n) is 13.0. The van der Waals surface area contributed by atoms with Crippen molar-refractivity contribution in [3.8, 4) is 0 Å². The number of anilines is 3. The Balaban J connectivity index is 1.66. The Labute approximate surface area is 152 Å². The summed E-state index contributed by atoms with van der Waals surface area (Å²) in [7, 11) is 0. The van der Waals surface area contributed by atoms with Crippen molar-refractivity contribution < 1.29 is 4.79 Å². The number of nitrogens with one attached hydrogen (secondary N) is 2. The largest absolute Gasteiger partial charge is 0.382 e. The van der Waals surface area contributed by atoms with Crippen molar-refractivity contribution in [3.63, 3.8) is 0 Å². The summed E-state index contributed by atoms with van der Waals surface area (Å²) in [4.78, 5) is 28.3. The Bertz CT molecular complexity index is 886. The molecule has 1 amide bonds. The van der Waals surface area contributed by atoms with Gasteiger partial charge >= 0.3 is 0 Å². The quantitative estimate of drug-likeness (QED) is 0.602. The summed E-state index contributed by atoms with van der Waals surface area (Å²) >= 11 is 3.23. The molecule has 0 saturated heterocycles. The molecule has 3 heterocycles. The second kappa shape index (κ2) is 7.67. The zero-order valence-corrected chi connectivity index (χ0v) is 14.6. The molecule has 0 atom stereocenters. The van der Waals surface area contributed by atoms with Crippen LogP contribution in [0.2, 0.25) is 0 Å². The van der Waals surface area contributed by atoms with Gasteiger partial charge in [-0.25, -0.2) is 15.0 Å². The predicted molar refractivity (Wildman–Crippen MR) is 97.9 cm³/mol. The minimum absolute atomic E-state index is 0.0859. The lowest BCUT2D eigenvalue weighted by molar-refractivity contribution is 0.101. The van der Waals surface area contributed by atoms with E-state index in [2.05, 4.69) is 46.5 Å². The van der Waals surface area contributed by atoms with E-state index in [1.807, 2.05) is 6.07 Å². The van der Waals surface area contributed by atoms with E-state index >= 15 is 0 Å². The first kappa shape index (κ1) is 16.8. The summed E-state index contributed by atoms with van der Waals surface area (Å²) in [6.45, 7) is 0.439. The molecule has 3 aromatic rings.